The zero-order valence-electron chi connectivity index (χ0n) is 10.2. The van der Waals surface area contributed by atoms with E-state index in [2.05, 4.69) is 0 Å². The fourth-order valence-corrected chi connectivity index (χ4v) is 1.42. The maximum Gasteiger partial charge on any atom is 0.304 e. The van der Waals surface area contributed by atoms with Crippen molar-refractivity contribution in [3.8, 4) is 0 Å². The third kappa shape index (κ3) is 2.92. The van der Waals surface area contributed by atoms with Crippen molar-refractivity contribution in [1.82, 2.24) is 0 Å². The van der Waals surface area contributed by atoms with E-state index in [4.69, 9.17) is 14.2 Å². The Morgan fingerprint density at radius 2 is 1.56 bits per heavy atom. The summed E-state index contributed by atoms with van der Waals surface area (Å²) in [4.78, 5) is 0. The van der Waals surface area contributed by atoms with Gasteiger partial charge in [0.25, 0.3) is 0 Å². The van der Waals surface area contributed by atoms with Crippen LogP contribution in [-0.4, -0.2) is 27.3 Å². The van der Waals surface area contributed by atoms with Gasteiger partial charge < -0.3 is 14.2 Å². The molecule has 0 bridgehead atoms. The molecule has 0 aromatic heterocycles. The van der Waals surface area contributed by atoms with Crippen molar-refractivity contribution < 1.29 is 14.2 Å². The predicted molar refractivity (Wildman–Crippen MR) is 64.0 cm³/mol. The minimum Gasteiger partial charge on any atom is -0.327 e. The van der Waals surface area contributed by atoms with Gasteiger partial charge in [0, 0.05) is 27.4 Å². The Morgan fingerprint density at radius 3 is 2.06 bits per heavy atom. The lowest BCUT2D eigenvalue weighted by Crippen LogP contribution is -2.33. The molecule has 0 saturated heterocycles. The molecular weight excluding hydrogens is 204 g/mol. The maximum absolute atomic E-state index is 5.17. The van der Waals surface area contributed by atoms with Crippen molar-refractivity contribution >= 4 is 6.08 Å². The van der Waals surface area contributed by atoms with E-state index in [1.54, 1.807) is 6.08 Å². The zero-order valence-corrected chi connectivity index (χ0v) is 10.2. The third-order valence-corrected chi connectivity index (χ3v) is 2.51. The zero-order chi connectivity index (χ0) is 12.0. The van der Waals surface area contributed by atoms with Gasteiger partial charge in [-0.15, -0.1) is 0 Å². The lowest BCUT2D eigenvalue weighted by molar-refractivity contribution is -0.318. The maximum atomic E-state index is 5.17. The number of benzene rings is 1. The third-order valence-electron chi connectivity index (χ3n) is 2.51. The van der Waals surface area contributed by atoms with Gasteiger partial charge in [-0.2, -0.15) is 0 Å². The van der Waals surface area contributed by atoms with Crippen LogP contribution in [0.5, 0.6) is 0 Å². The fourth-order valence-electron chi connectivity index (χ4n) is 1.42. The van der Waals surface area contributed by atoms with Crippen LogP contribution >= 0.6 is 0 Å². The average molecular weight is 222 g/mol. The van der Waals surface area contributed by atoms with E-state index >= 15 is 0 Å². The summed E-state index contributed by atoms with van der Waals surface area (Å²) in [6.07, 6.45) is 3.67. The second-order valence-corrected chi connectivity index (χ2v) is 3.41. The summed E-state index contributed by atoms with van der Waals surface area (Å²) in [5.41, 5.74) is 2.30. The second kappa shape index (κ2) is 5.80. The molecule has 0 fully saturated rings. The van der Waals surface area contributed by atoms with E-state index in [1.807, 2.05) is 37.3 Å². The summed E-state index contributed by atoms with van der Waals surface area (Å²) in [5.74, 6) is -1.11. The van der Waals surface area contributed by atoms with E-state index < -0.39 is 5.97 Å². The molecule has 0 radical (unpaired) electrons. The van der Waals surface area contributed by atoms with Crippen LogP contribution in [0.1, 0.15) is 11.1 Å². The highest BCUT2D eigenvalue weighted by Gasteiger charge is 2.25. The molecule has 1 aromatic carbocycles. The van der Waals surface area contributed by atoms with Gasteiger partial charge >= 0.3 is 5.97 Å². The molecule has 0 aliphatic carbocycles. The highest BCUT2D eigenvalue weighted by Crippen LogP contribution is 2.17. The van der Waals surface area contributed by atoms with Crippen molar-refractivity contribution in [2.24, 2.45) is 0 Å². The molecule has 0 aliphatic heterocycles. The normalized spacial score (nSPS) is 12.2. The van der Waals surface area contributed by atoms with Gasteiger partial charge in [0.15, 0.2) is 0 Å². The summed E-state index contributed by atoms with van der Waals surface area (Å²) in [5, 5.41) is 0. The minimum absolute atomic E-state index is 1.11. The molecule has 0 atom stereocenters. The fraction of sp³-hybridized carbons (Fsp3) is 0.385. The number of ether oxygens (including phenoxy) is 3. The molecule has 0 heterocycles. The lowest BCUT2D eigenvalue weighted by atomic mass is 10.1. The van der Waals surface area contributed by atoms with Gasteiger partial charge in [-0.05, 0) is 18.1 Å². The first-order valence-electron chi connectivity index (χ1n) is 5.08. The first-order valence-corrected chi connectivity index (χ1v) is 5.08. The molecule has 88 valence electrons. The second-order valence-electron chi connectivity index (χ2n) is 3.41. The summed E-state index contributed by atoms with van der Waals surface area (Å²) >= 11 is 0. The molecule has 0 amide bonds. The van der Waals surface area contributed by atoms with E-state index in [-0.39, 0.29) is 0 Å². The van der Waals surface area contributed by atoms with Crippen LogP contribution in [0, 0.1) is 6.92 Å². The van der Waals surface area contributed by atoms with Gasteiger partial charge in [0.1, 0.15) is 0 Å². The summed E-state index contributed by atoms with van der Waals surface area (Å²) in [6.45, 7) is 2.05. The molecular formula is C13H18O3. The van der Waals surface area contributed by atoms with Crippen molar-refractivity contribution in [3.05, 3.63) is 41.5 Å². The minimum atomic E-state index is -1.11. The van der Waals surface area contributed by atoms with Crippen LogP contribution in [0.25, 0.3) is 6.08 Å². The monoisotopic (exact) mass is 222 g/mol. The standard InChI is InChI=1S/C13H18O3/c1-11-7-5-6-8-12(11)9-10-13(14-2,15-3)16-4/h5-10H,1-4H3. The highest BCUT2D eigenvalue weighted by atomic mass is 16.9. The van der Waals surface area contributed by atoms with Crippen LogP contribution in [0.4, 0.5) is 0 Å². The van der Waals surface area contributed by atoms with Crippen LogP contribution in [0.2, 0.25) is 0 Å². The first kappa shape index (κ1) is 12.9. The van der Waals surface area contributed by atoms with Crippen LogP contribution in [0.3, 0.4) is 0 Å². The molecule has 0 aliphatic rings. The number of hydrogen-bond acceptors (Lipinski definition) is 3. The Morgan fingerprint density at radius 1 is 1.00 bits per heavy atom. The molecule has 0 spiro atoms. The Balaban J connectivity index is 2.91. The molecule has 3 nitrogen and oxygen atoms in total. The molecule has 0 unspecified atom stereocenters. The van der Waals surface area contributed by atoms with Crippen molar-refractivity contribution in [2.75, 3.05) is 21.3 Å². The number of rotatable bonds is 5. The van der Waals surface area contributed by atoms with E-state index in [1.165, 1.54) is 26.9 Å². The Labute approximate surface area is 96.6 Å². The predicted octanol–water partition coefficient (Wildman–Crippen LogP) is 2.60. The molecule has 1 rings (SSSR count). The van der Waals surface area contributed by atoms with E-state index in [9.17, 15) is 0 Å². The van der Waals surface area contributed by atoms with Crippen molar-refractivity contribution in [3.63, 3.8) is 0 Å². The number of aryl methyl sites for hydroxylation is 1. The molecule has 0 saturated carbocycles. The van der Waals surface area contributed by atoms with E-state index in [0.29, 0.717) is 0 Å². The van der Waals surface area contributed by atoms with Crippen LogP contribution in [-0.2, 0) is 14.2 Å². The average Bonchev–Trinajstić information content (AvgIpc) is 2.34. The Bertz CT molecular complexity index is 346. The molecule has 3 heteroatoms. The number of methoxy groups -OCH3 is 3. The smallest absolute Gasteiger partial charge is 0.304 e. The van der Waals surface area contributed by atoms with Crippen LogP contribution in [0.15, 0.2) is 30.3 Å². The van der Waals surface area contributed by atoms with Crippen LogP contribution < -0.4 is 0 Å². The van der Waals surface area contributed by atoms with Gasteiger partial charge in [0.2, 0.25) is 0 Å². The quantitative estimate of drug-likeness (QED) is 0.717. The topological polar surface area (TPSA) is 27.7 Å². The Hall–Kier alpha value is -1.16. The van der Waals surface area contributed by atoms with Gasteiger partial charge in [-0.1, -0.05) is 30.3 Å². The van der Waals surface area contributed by atoms with E-state index in [0.717, 1.165) is 5.56 Å². The van der Waals surface area contributed by atoms with Crippen molar-refractivity contribution in [1.29, 1.82) is 0 Å². The molecule has 1 aromatic rings. The van der Waals surface area contributed by atoms with Gasteiger partial charge in [-0.3, -0.25) is 0 Å². The lowest BCUT2D eigenvalue weighted by Gasteiger charge is -2.24. The van der Waals surface area contributed by atoms with Gasteiger partial charge in [-0.25, -0.2) is 0 Å². The Kier molecular flexibility index (Phi) is 4.68. The highest BCUT2D eigenvalue weighted by molar-refractivity contribution is 5.53. The van der Waals surface area contributed by atoms with Crippen molar-refractivity contribution in [2.45, 2.75) is 12.9 Å². The molecule has 16 heavy (non-hydrogen) atoms. The number of hydrogen-bond donors (Lipinski definition) is 0. The largest absolute Gasteiger partial charge is 0.327 e. The first-order chi connectivity index (χ1) is 7.67. The SMILES string of the molecule is COC(C=Cc1ccccc1C)(OC)OC. The summed E-state index contributed by atoms with van der Waals surface area (Å²) < 4.78 is 15.5. The van der Waals surface area contributed by atoms with Gasteiger partial charge in [0.05, 0.1) is 0 Å². The summed E-state index contributed by atoms with van der Waals surface area (Å²) in [7, 11) is 4.61. The summed E-state index contributed by atoms with van der Waals surface area (Å²) in [6, 6.07) is 8.06. The molecule has 0 N–H and O–H groups in total.